The van der Waals surface area contributed by atoms with E-state index in [-0.39, 0.29) is 24.9 Å². The molecule has 8 nitrogen and oxygen atoms in total. The monoisotopic (exact) mass is 340 g/mol. The van der Waals surface area contributed by atoms with Gasteiger partial charge in [-0.2, -0.15) is 15.0 Å². The van der Waals surface area contributed by atoms with E-state index in [0.29, 0.717) is 18.3 Å². The molecular weight excluding hydrogens is 320 g/mol. The van der Waals surface area contributed by atoms with Gasteiger partial charge in [0.15, 0.2) is 12.4 Å². The Morgan fingerprint density at radius 1 is 1.20 bits per heavy atom. The van der Waals surface area contributed by atoms with Crippen molar-refractivity contribution in [2.24, 2.45) is 0 Å². The summed E-state index contributed by atoms with van der Waals surface area (Å²) in [7, 11) is 3.60. The number of para-hydroxylation sites is 1. The summed E-state index contributed by atoms with van der Waals surface area (Å²) < 4.78 is 7.28. The lowest BCUT2D eigenvalue weighted by Crippen LogP contribution is -2.17. The number of rotatable bonds is 6. The number of hydrogen-bond acceptors (Lipinski definition) is 7. The maximum absolute atomic E-state index is 12.0. The van der Waals surface area contributed by atoms with Crippen molar-refractivity contribution in [1.29, 1.82) is 0 Å². The zero-order valence-electron chi connectivity index (χ0n) is 14.2. The molecule has 130 valence electrons. The summed E-state index contributed by atoms with van der Waals surface area (Å²) in [6, 6.07) is 10.1. The van der Waals surface area contributed by atoms with Crippen molar-refractivity contribution in [1.82, 2.24) is 19.5 Å². The number of nitrogens with zero attached hydrogens (tertiary/aromatic N) is 5. The van der Waals surface area contributed by atoms with E-state index in [9.17, 15) is 4.79 Å². The smallest absolute Gasteiger partial charge is 0.308 e. The molecule has 0 unspecified atom stereocenters. The first-order chi connectivity index (χ1) is 12.0. The molecule has 3 aromatic rings. The standard InChI is InChI=1S/C17H20N6O2/c1-22(2)17-20-14(19-16(18)21-17)11-25-15(24)8-10-23-9-7-12-5-3-4-6-13(12)23/h3-7,9H,8,10-11H2,1-2H3,(H2,18,19,20,21). The molecule has 2 N–H and O–H groups in total. The highest BCUT2D eigenvalue weighted by atomic mass is 16.5. The minimum absolute atomic E-state index is 0.0289. The number of ether oxygens (including phenoxy) is 1. The number of benzene rings is 1. The van der Waals surface area contributed by atoms with Crippen molar-refractivity contribution in [3.8, 4) is 0 Å². The van der Waals surface area contributed by atoms with Crippen molar-refractivity contribution in [2.75, 3.05) is 24.7 Å². The minimum Gasteiger partial charge on any atom is -0.457 e. The number of hydrogen-bond donors (Lipinski definition) is 1. The number of fused-ring (bicyclic) bond motifs is 1. The lowest BCUT2D eigenvalue weighted by molar-refractivity contribution is -0.145. The fraction of sp³-hybridized carbons (Fsp3) is 0.294. The summed E-state index contributed by atoms with van der Waals surface area (Å²) >= 11 is 0. The Hall–Kier alpha value is -3.16. The van der Waals surface area contributed by atoms with E-state index in [1.807, 2.05) is 41.1 Å². The average molecular weight is 340 g/mol. The molecule has 0 amide bonds. The van der Waals surface area contributed by atoms with Crippen molar-refractivity contribution < 1.29 is 9.53 Å². The van der Waals surface area contributed by atoms with Crippen LogP contribution in [0.25, 0.3) is 10.9 Å². The van der Waals surface area contributed by atoms with Gasteiger partial charge in [-0.15, -0.1) is 0 Å². The highest BCUT2D eigenvalue weighted by Crippen LogP contribution is 2.15. The molecule has 8 heteroatoms. The Morgan fingerprint density at radius 2 is 2.00 bits per heavy atom. The van der Waals surface area contributed by atoms with Crippen LogP contribution in [0.2, 0.25) is 0 Å². The third kappa shape index (κ3) is 4.03. The first-order valence-corrected chi connectivity index (χ1v) is 7.90. The van der Waals surface area contributed by atoms with Crippen molar-refractivity contribution in [3.05, 3.63) is 42.4 Å². The van der Waals surface area contributed by atoms with Gasteiger partial charge in [-0.05, 0) is 17.5 Å². The van der Waals surface area contributed by atoms with Crippen LogP contribution in [-0.4, -0.2) is 39.6 Å². The summed E-state index contributed by atoms with van der Waals surface area (Å²) in [4.78, 5) is 25.9. The molecule has 0 aliphatic rings. The number of esters is 1. The molecule has 0 atom stereocenters. The molecule has 0 saturated heterocycles. The number of anilines is 2. The molecule has 0 aliphatic heterocycles. The van der Waals surface area contributed by atoms with E-state index in [0.717, 1.165) is 10.9 Å². The topological polar surface area (TPSA) is 99.2 Å². The van der Waals surface area contributed by atoms with Gasteiger partial charge in [0.1, 0.15) is 0 Å². The number of carbonyl (C=O) groups excluding carboxylic acids is 1. The number of nitrogen functional groups attached to an aromatic ring is 1. The van der Waals surface area contributed by atoms with Crippen LogP contribution < -0.4 is 10.6 Å². The summed E-state index contributed by atoms with van der Waals surface area (Å²) in [5.74, 6) is 0.542. The fourth-order valence-corrected chi connectivity index (χ4v) is 2.45. The first-order valence-electron chi connectivity index (χ1n) is 7.90. The van der Waals surface area contributed by atoms with Gasteiger partial charge in [-0.1, -0.05) is 18.2 Å². The molecule has 1 aromatic carbocycles. The van der Waals surface area contributed by atoms with E-state index in [2.05, 4.69) is 15.0 Å². The largest absolute Gasteiger partial charge is 0.457 e. The van der Waals surface area contributed by atoms with Crippen molar-refractivity contribution in [2.45, 2.75) is 19.6 Å². The Bertz CT molecular complexity index is 890. The number of nitrogens with two attached hydrogens (primary N) is 1. The van der Waals surface area contributed by atoms with Gasteiger partial charge in [0.25, 0.3) is 0 Å². The number of aryl methyl sites for hydroxylation is 1. The van der Waals surface area contributed by atoms with Crippen LogP contribution in [0, 0.1) is 0 Å². The highest BCUT2D eigenvalue weighted by Gasteiger charge is 2.10. The lowest BCUT2D eigenvalue weighted by atomic mass is 10.2. The van der Waals surface area contributed by atoms with Crippen LogP contribution >= 0.6 is 0 Å². The van der Waals surface area contributed by atoms with Gasteiger partial charge in [0.05, 0.1) is 6.42 Å². The van der Waals surface area contributed by atoms with Gasteiger partial charge >= 0.3 is 5.97 Å². The van der Waals surface area contributed by atoms with Crippen LogP contribution in [0.1, 0.15) is 12.2 Å². The number of carbonyl (C=O) groups is 1. The Kier molecular flexibility index (Phi) is 4.78. The Labute approximate surface area is 145 Å². The predicted octanol–water partition coefficient (Wildman–Crippen LogP) is 1.61. The van der Waals surface area contributed by atoms with E-state index in [4.69, 9.17) is 10.5 Å². The van der Waals surface area contributed by atoms with E-state index >= 15 is 0 Å². The third-order valence-corrected chi connectivity index (χ3v) is 3.69. The second kappa shape index (κ2) is 7.16. The molecule has 0 radical (unpaired) electrons. The molecule has 0 saturated carbocycles. The predicted molar refractivity (Wildman–Crippen MR) is 94.9 cm³/mol. The SMILES string of the molecule is CN(C)c1nc(N)nc(COC(=O)CCn2ccc3ccccc32)n1. The fourth-order valence-electron chi connectivity index (χ4n) is 2.45. The molecule has 0 aliphatic carbocycles. The first kappa shape index (κ1) is 16.7. The van der Waals surface area contributed by atoms with E-state index in [1.54, 1.807) is 19.0 Å². The highest BCUT2D eigenvalue weighted by molar-refractivity contribution is 5.80. The lowest BCUT2D eigenvalue weighted by Gasteiger charge is -2.11. The zero-order valence-corrected chi connectivity index (χ0v) is 14.2. The average Bonchev–Trinajstić information content (AvgIpc) is 3.01. The molecule has 0 fully saturated rings. The number of aromatic nitrogens is 4. The van der Waals surface area contributed by atoms with Crippen LogP contribution in [0.15, 0.2) is 36.5 Å². The molecule has 0 bridgehead atoms. The van der Waals surface area contributed by atoms with Crippen LogP contribution in [0.3, 0.4) is 0 Å². The second-order valence-electron chi connectivity index (χ2n) is 5.78. The molecule has 25 heavy (non-hydrogen) atoms. The zero-order chi connectivity index (χ0) is 17.8. The quantitative estimate of drug-likeness (QED) is 0.680. The molecule has 3 rings (SSSR count). The second-order valence-corrected chi connectivity index (χ2v) is 5.78. The van der Waals surface area contributed by atoms with Gasteiger partial charge in [-0.25, -0.2) is 0 Å². The molecule has 2 heterocycles. The molecule has 2 aromatic heterocycles. The maximum Gasteiger partial charge on any atom is 0.308 e. The van der Waals surface area contributed by atoms with Crippen molar-refractivity contribution >= 4 is 28.8 Å². The van der Waals surface area contributed by atoms with Gasteiger partial charge < -0.3 is 19.9 Å². The normalized spacial score (nSPS) is 10.8. The summed E-state index contributed by atoms with van der Waals surface area (Å²) in [6.45, 7) is 0.521. The maximum atomic E-state index is 12.0. The van der Waals surface area contributed by atoms with Crippen LogP contribution in [0.4, 0.5) is 11.9 Å². The van der Waals surface area contributed by atoms with E-state index in [1.165, 1.54) is 0 Å². The minimum atomic E-state index is -0.317. The molecular formula is C17H20N6O2. The van der Waals surface area contributed by atoms with Gasteiger partial charge in [0, 0.05) is 32.4 Å². The molecule has 0 spiro atoms. The Morgan fingerprint density at radius 3 is 2.80 bits per heavy atom. The van der Waals surface area contributed by atoms with Crippen LogP contribution in [0.5, 0.6) is 0 Å². The van der Waals surface area contributed by atoms with Crippen molar-refractivity contribution in [3.63, 3.8) is 0 Å². The van der Waals surface area contributed by atoms with Gasteiger partial charge in [0.2, 0.25) is 11.9 Å². The van der Waals surface area contributed by atoms with E-state index < -0.39 is 0 Å². The van der Waals surface area contributed by atoms with Crippen LogP contribution in [-0.2, 0) is 22.7 Å². The third-order valence-electron chi connectivity index (χ3n) is 3.69. The Balaban J connectivity index is 1.56. The summed E-state index contributed by atoms with van der Waals surface area (Å²) in [6.07, 6.45) is 2.23. The summed E-state index contributed by atoms with van der Waals surface area (Å²) in [5.41, 5.74) is 6.74. The van der Waals surface area contributed by atoms with Gasteiger partial charge in [-0.3, -0.25) is 4.79 Å². The summed E-state index contributed by atoms with van der Waals surface area (Å²) in [5, 5.41) is 1.15.